The molecule has 0 spiro atoms. The number of esters is 1. The summed E-state index contributed by atoms with van der Waals surface area (Å²) in [6, 6.07) is 9.22. The molecule has 208 valence electrons. The van der Waals surface area contributed by atoms with Crippen molar-refractivity contribution in [3.05, 3.63) is 75.1 Å². The molecule has 1 heterocycles. The van der Waals surface area contributed by atoms with Crippen LogP contribution in [0.3, 0.4) is 0 Å². The number of benzene rings is 2. The van der Waals surface area contributed by atoms with E-state index in [9.17, 15) is 31.2 Å². The van der Waals surface area contributed by atoms with E-state index in [2.05, 4.69) is 5.32 Å². The third kappa shape index (κ3) is 6.23. The van der Waals surface area contributed by atoms with E-state index in [0.29, 0.717) is 16.8 Å². The summed E-state index contributed by atoms with van der Waals surface area (Å²) in [5.41, 5.74) is -0.637. The molecule has 1 N–H and O–H groups in total. The van der Waals surface area contributed by atoms with Crippen LogP contribution in [0.1, 0.15) is 46.1 Å². The topological polar surface area (TPSA) is 92.8 Å². The van der Waals surface area contributed by atoms with E-state index < -0.39 is 45.9 Å². The van der Waals surface area contributed by atoms with Crippen molar-refractivity contribution in [3.8, 4) is 0 Å². The smallest absolute Gasteiger partial charge is 0.416 e. The predicted octanol–water partition coefficient (Wildman–Crippen LogP) is 6.31. The van der Waals surface area contributed by atoms with Gasteiger partial charge in [-0.25, -0.2) is 13.2 Å². The summed E-state index contributed by atoms with van der Waals surface area (Å²) in [5.74, 6) is -1.48. The number of carbonyl (C=O) groups excluding carboxylic acids is 2. The summed E-state index contributed by atoms with van der Waals surface area (Å²) in [6.45, 7) is 0.872. The number of fused-ring (bicyclic) bond motifs is 1. The van der Waals surface area contributed by atoms with Crippen LogP contribution in [-0.2, 0) is 38.6 Å². The molecule has 1 aromatic heterocycles. The minimum absolute atomic E-state index is 0.119. The number of thiophene rings is 1. The number of hydrogen-bond donors (Lipinski definition) is 1. The Hall–Kier alpha value is -3.09. The Morgan fingerprint density at radius 1 is 1.10 bits per heavy atom. The highest BCUT2D eigenvalue weighted by Crippen LogP contribution is 2.40. The number of sulfonamides is 1. The highest BCUT2D eigenvalue weighted by atomic mass is 35.5. The SMILES string of the molecule is CCOC(=O)c1c(NC(=O)CN(c2cc(C(F)(F)F)ccc2Cl)S(=O)(=O)c2ccccc2)sc2c1CCCC2. The Labute approximate surface area is 232 Å². The maximum Gasteiger partial charge on any atom is 0.416 e. The van der Waals surface area contributed by atoms with Gasteiger partial charge in [-0.2, -0.15) is 13.2 Å². The van der Waals surface area contributed by atoms with Crippen LogP contribution in [0.15, 0.2) is 53.4 Å². The van der Waals surface area contributed by atoms with Crippen LogP contribution >= 0.6 is 22.9 Å². The van der Waals surface area contributed by atoms with Gasteiger partial charge in [-0.1, -0.05) is 29.8 Å². The van der Waals surface area contributed by atoms with Gasteiger partial charge in [-0.3, -0.25) is 9.10 Å². The lowest BCUT2D eigenvalue weighted by atomic mass is 9.95. The lowest BCUT2D eigenvalue weighted by Crippen LogP contribution is -2.38. The fraction of sp³-hybridized carbons (Fsp3) is 0.308. The second kappa shape index (κ2) is 11.6. The first-order valence-corrected chi connectivity index (χ1v) is 14.6. The van der Waals surface area contributed by atoms with Crippen LogP contribution in [0, 0.1) is 0 Å². The normalized spacial score (nSPS) is 13.5. The minimum Gasteiger partial charge on any atom is -0.462 e. The summed E-state index contributed by atoms with van der Waals surface area (Å²) in [5, 5.41) is 2.51. The summed E-state index contributed by atoms with van der Waals surface area (Å²) >= 11 is 7.39. The molecule has 0 bridgehead atoms. The number of alkyl halides is 3. The molecule has 1 amide bonds. The Morgan fingerprint density at radius 2 is 1.79 bits per heavy atom. The molecule has 13 heteroatoms. The number of halogens is 4. The molecule has 2 aromatic carbocycles. The van der Waals surface area contributed by atoms with Crippen LogP contribution in [0.5, 0.6) is 0 Å². The fourth-order valence-corrected chi connectivity index (χ4v) is 7.29. The van der Waals surface area contributed by atoms with E-state index in [0.717, 1.165) is 41.8 Å². The van der Waals surface area contributed by atoms with Crippen LogP contribution in [0.25, 0.3) is 0 Å². The molecular formula is C26H24ClF3N2O5S2. The van der Waals surface area contributed by atoms with Gasteiger partial charge in [0.25, 0.3) is 10.0 Å². The van der Waals surface area contributed by atoms with Gasteiger partial charge in [-0.15, -0.1) is 11.3 Å². The zero-order valence-corrected chi connectivity index (χ0v) is 23.1. The number of ether oxygens (including phenoxy) is 1. The number of nitrogens with zero attached hydrogens (tertiary/aromatic N) is 1. The standard InChI is InChI=1S/C26H24ClF3N2O5S2/c1-2-37-25(34)23-18-10-6-7-11-21(18)38-24(23)31-22(33)15-32(39(35,36)17-8-4-3-5-9-17)20-14-16(26(28,29)30)12-13-19(20)27/h3-5,8-9,12-14H,2,6-7,10-11,15H2,1H3,(H,31,33). The summed E-state index contributed by atoms with van der Waals surface area (Å²) in [4.78, 5) is 26.7. The number of rotatable bonds is 8. The average Bonchev–Trinajstić information content (AvgIpc) is 3.25. The van der Waals surface area contributed by atoms with Gasteiger partial charge in [0, 0.05) is 4.88 Å². The number of amides is 1. The maximum atomic E-state index is 13.6. The van der Waals surface area contributed by atoms with Crippen molar-refractivity contribution < 1.29 is 35.9 Å². The largest absolute Gasteiger partial charge is 0.462 e. The molecule has 4 rings (SSSR count). The molecule has 3 aromatic rings. The second-order valence-corrected chi connectivity index (χ2v) is 12.0. The highest BCUT2D eigenvalue weighted by molar-refractivity contribution is 7.92. The third-order valence-corrected chi connectivity index (χ3v) is 9.37. The first-order chi connectivity index (χ1) is 18.4. The van der Waals surface area contributed by atoms with E-state index in [-0.39, 0.29) is 27.1 Å². The van der Waals surface area contributed by atoms with E-state index in [4.69, 9.17) is 16.3 Å². The first-order valence-electron chi connectivity index (χ1n) is 12.0. The lowest BCUT2D eigenvalue weighted by Gasteiger charge is -2.25. The van der Waals surface area contributed by atoms with Crippen LogP contribution in [-0.4, -0.2) is 33.4 Å². The molecule has 1 aliphatic carbocycles. The van der Waals surface area contributed by atoms with Crippen LogP contribution in [0.2, 0.25) is 5.02 Å². The zero-order valence-electron chi connectivity index (χ0n) is 20.7. The van der Waals surface area contributed by atoms with E-state index in [1.807, 2.05) is 0 Å². The Bertz CT molecular complexity index is 1490. The van der Waals surface area contributed by atoms with Gasteiger partial charge < -0.3 is 10.1 Å². The van der Waals surface area contributed by atoms with Gasteiger partial charge in [0.1, 0.15) is 11.5 Å². The molecule has 0 saturated heterocycles. The summed E-state index contributed by atoms with van der Waals surface area (Å²) in [6.07, 6.45) is -1.66. The number of hydrogen-bond acceptors (Lipinski definition) is 6. The van der Waals surface area contributed by atoms with Crippen molar-refractivity contribution in [2.24, 2.45) is 0 Å². The van der Waals surface area contributed by atoms with Crippen molar-refractivity contribution in [1.29, 1.82) is 0 Å². The van der Waals surface area contributed by atoms with E-state index >= 15 is 0 Å². The lowest BCUT2D eigenvalue weighted by molar-refractivity contribution is -0.137. The van der Waals surface area contributed by atoms with Gasteiger partial charge >= 0.3 is 12.1 Å². The van der Waals surface area contributed by atoms with Gasteiger partial charge in [0.15, 0.2) is 0 Å². The number of aryl methyl sites for hydroxylation is 1. The van der Waals surface area contributed by atoms with Crippen molar-refractivity contribution in [2.75, 3.05) is 22.8 Å². The predicted molar refractivity (Wildman–Crippen MR) is 143 cm³/mol. The summed E-state index contributed by atoms with van der Waals surface area (Å²) in [7, 11) is -4.53. The van der Waals surface area contributed by atoms with E-state index in [1.54, 1.807) is 13.0 Å². The van der Waals surface area contributed by atoms with Gasteiger partial charge in [0.05, 0.1) is 33.3 Å². The zero-order chi connectivity index (χ0) is 28.4. The second-order valence-electron chi connectivity index (χ2n) is 8.67. The van der Waals surface area contributed by atoms with Crippen molar-refractivity contribution in [3.63, 3.8) is 0 Å². The van der Waals surface area contributed by atoms with Crippen molar-refractivity contribution in [1.82, 2.24) is 0 Å². The van der Waals surface area contributed by atoms with Crippen LogP contribution < -0.4 is 9.62 Å². The maximum absolute atomic E-state index is 13.6. The van der Waals surface area contributed by atoms with Gasteiger partial charge in [0.2, 0.25) is 5.91 Å². The Kier molecular flexibility index (Phi) is 8.57. The van der Waals surface area contributed by atoms with Crippen molar-refractivity contribution in [2.45, 2.75) is 43.7 Å². The van der Waals surface area contributed by atoms with Gasteiger partial charge in [-0.05, 0) is 68.5 Å². The van der Waals surface area contributed by atoms with Crippen LogP contribution in [0.4, 0.5) is 23.9 Å². The summed E-state index contributed by atoms with van der Waals surface area (Å²) < 4.78 is 73.4. The first kappa shape index (κ1) is 28.9. The molecule has 0 aliphatic heterocycles. The van der Waals surface area contributed by atoms with Crippen molar-refractivity contribution >= 4 is 55.5 Å². The molecule has 0 unspecified atom stereocenters. The highest BCUT2D eigenvalue weighted by Gasteiger charge is 2.35. The molecule has 0 saturated carbocycles. The van der Waals surface area contributed by atoms with E-state index in [1.165, 1.54) is 35.6 Å². The molecule has 39 heavy (non-hydrogen) atoms. The molecule has 0 fully saturated rings. The average molecular weight is 601 g/mol. The molecule has 1 aliphatic rings. The Morgan fingerprint density at radius 3 is 2.46 bits per heavy atom. The third-order valence-electron chi connectivity index (χ3n) is 6.06. The quantitative estimate of drug-likeness (QED) is 0.306. The fourth-order valence-electron chi connectivity index (χ4n) is 4.27. The molecule has 0 atom stereocenters. The number of carbonyl (C=O) groups is 2. The number of nitrogens with one attached hydrogen (secondary N) is 1. The minimum atomic E-state index is -4.78. The molecule has 0 radical (unpaired) electrons. The monoisotopic (exact) mass is 600 g/mol. The Balaban J connectivity index is 1.74. The number of anilines is 2. The molecular weight excluding hydrogens is 577 g/mol. The molecule has 7 nitrogen and oxygen atoms in total.